The highest BCUT2D eigenvalue weighted by Gasteiger charge is 2.32. The highest BCUT2D eigenvalue weighted by molar-refractivity contribution is 7.89. The lowest BCUT2D eigenvalue weighted by Crippen LogP contribution is -2.43. The number of nitrogens with zero attached hydrogens (tertiary/aromatic N) is 2. The van der Waals surface area contributed by atoms with Crippen molar-refractivity contribution in [1.82, 2.24) is 9.21 Å². The second kappa shape index (κ2) is 9.60. The van der Waals surface area contributed by atoms with Crippen molar-refractivity contribution in [3.8, 4) is 0 Å². The molecule has 0 radical (unpaired) electrons. The van der Waals surface area contributed by atoms with Gasteiger partial charge in [0.1, 0.15) is 4.90 Å². The molecule has 1 atom stereocenters. The number of anilines is 1. The number of sulfonamides is 1. The van der Waals surface area contributed by atoms with Gasteiger partial charge in [0.2, 0.25) is 15.9 Å². The minimum Gasteiger partial charge on any atom is -0.338 e. The molecule has 32 heavy (non-hydrogen) atoms. The minimum atomic E-state index is -3.75. The number of hydrogen-bond acceptors (Lipinski definition) is 4. The zero-order valence-electron chi connectivity index (χ0n) is 17.7. The quantitative estimate of drug-likeness (QED) is 0.715. The predicted molar refractivity (Wildman–Crippen MR) is 123 cm³/mol. The highest BCUT2D eigenvalue weighted by Crippen LogP contribution is 2.29. The number of likely N-dealkylation sites (tertiary alicyclic amines) is 1. The maximum absolute atomic E-state index is 13.2. The van der Waals surface area contributed by atoms with Gasteiger partial charge in [-0.25, -0.2) is 8.42 Å². The van der Waals surface area contributed by atoms with Gasteiger partial charge in [-0.05, 0) is 56.0 Å². The third-order valence-electron chi connectivity index (χ3n) is 5.98. The van der Waals surface area contributed by atoms with Crippen LogP contribution in [-0.4, -0.2) is 55.6 Å². The van der Waals surface area contributed by atoms with Crippen LogP contribution in [0.5, 0.6) is 0 Å². The predicted octanol–water partition coefficient (Wildman–Crippen LogP) is 3.62. The van der Waals surface area contributed by atoms with Crippen LogP contribution >= 0.6 is 11.6 Å². The summed E-state index contributed by atoms with van der Waals surface area (Å²) in [7, 11) is -3.75. The molecule has 9 heteroatoms. The summed E-state index contributed by atoms with van der Waals surface area (Å²) >= 11 is 6.21. The molecule has 0 aromatic heterocycles. The van der Waals surface area contributed by atoms with Crippen molar-refractivity contribution >= 4 is 39.1 Å². The summed E-state index contributed by atoms with van der Waals surface area (Å²) in [6.07, 6.45) is 3.02. The van der Waals surface area contributed by atoms with Crippen molar-refractivity contribution in [3.05, 3.63) is 59.1 Å². The second-order valence-corrected chi connectivity index (χ2v) is 10.5. The average Bonchev–Trinajstić information content (AvgIpc) is 3.36. The summed E-state index contributed by atoms with van der Waals surface area (Å²) in [6, 6.07) is 13.6. The number of nitrogens with one attached hydrogen (secondary N) is 1. The molecule has 2 heterocycles. The molecule has 2 fully saturated rings. The molecule has 1 unspecified atom stereocenters. The highest BCUT2D eigenvalue weighted by atomic mass is 35.5. The average molecular weight is 476 g/mol. The van der Waals surface area contributed by atoms with E-state index in [1.54, 1.807) is 11.0 Å². The number of piperidine rings is 1. The third kappa shape index (κ3) is 4.82. The zero-order valence-corrected chi connectivity index (χ0v) is 19.2. The van der Waals surface area contributed by atoms with Crippen LogP contribution in [0.3, 0.4) is 0 Å². The summed E-state index contributed by atoms with van der Waals surface area (Å²) in [6.45, 7) is 1.72. The SMILES string of the molecule is O=C(Nc1ccccc1)C1CCCN(C(=O)c2ccc(Cl)c(S(=O)(=O)N3CCCC3)c2)C1. The van der Waals surface area contributed by atoms with Gasteiger partial charge in [0.05, 0.1) is 10.9 Å². The van der Waals surface area contributed by atoms with Gasteiger partial charge in [-0.3, -0.25) is 9.59 Å². The normalized spacial score (nSPS) is 19.7. The smallest absolute Gasteiger partial charge is 0.253 e. The van der Waals surface area contributed by atoms with Gasteiger partial charge in [-0.1, -0.05) is 29.8 Å². The Kier molecular flexibility index (Phi) is 6.83. The summed E-state index contributed by atoms with van der Waals surface area (Å²) < 4.78 is 27.4. The number of amides is 2. The maximum Gasteiger partial charge on any atom is 0.253 e. The van der Waals surface area contributed by atoms with Crippen LogP contribution in [0, 0.1) is 5.92 Å². The Morgan fingerprint density at radius 1 is 0.969 bits per heavy atom. The van der Waals surface area contributed by atoms with Crippen LogP contribution in [0.25, 0.3) is 0 Å². The first-order valence-electron chi connectivity index (χ1n) is 10.8. The Balaban J connectivity index is 1.49. The largest absolute Gasteiger partial charge is 0.338 e. The van der Waals surface area contributed by atoms with Gasteiger partial charge in [-0.15, -0.1) is 0 Å². The Hall–Kier alpha value is -2.42. The summed E-state index contributed by atoms with van der Waals surface area (Å²) in [5, 5.41) is 3.00. The van der Waals surface area contributed by atoms with E-state index in [4.69, 9.17) is 11.6 Å². The molecular weight excluding hydrogens is 450 g/mol. The van der Waals surface area contributed by atoms with E-state index in [1.165, 1.54) is 16.4 Å². The molecule has 1 N–H and O–H groups in total. The van der Waals surface area contributed by atoms with E-state index < -0.39 is 10.0 Å². The first-order chi connectivity index (χ1) is 15.4. The van der Waals surface area contributed by atoms with Gasteiger partial charge >= 0.3 is 0 Å². The minimum absolute atomic E-state index is 0.0395. The van der Waals surface area contributed by atoms with Crippen molar-refractivity contribution in [2.75, 3.05) is 31.5 Å². The van der Waals surface area contributed by atoms with E-state index in [9.17, 15) is 18.0 Å². The molecule has 0 bridgehead atoms. The summed E-state index contributed by atoms with van der Waals surface area (Å²) in [5.41, 5.74) is 0.978. The lowest BCUT2D eigenvalue weighted by atomic mass is 9.96. The number of carbonyl (C=O) groups is 2. The molecule has 2 aliphatic rings. The Labute approximate surface area is 193 Å². The molecule has 2 aromatic rings. The van der Waals surface area contributed by atoms with Crippen LogP contribution in [0.2, 0.25) is 5.02 Å². The zero-order chi connectivity index (χ0) is 22.7. The molecule has 2 aliphatic heterocycles. The Morgan fingerprint density at radius 3 is 2.41 bits per heavy atom. The van der Waals surface area contributed by atoms with Crippen LogP contribution in [0.4, 0.5) is 5.69 Å². The molecule has 2 aromatic carbocycles. The molecule has 2 saturated heterocycles. The molecule has 170 valence electrons. The van der Waals surface area contributed by atoms with Crippen LogP contribution < -0.4 is 5.32 Å². The number of benzene rings is 2. The third-order valence-corrected chi connectivity index (χ3v) is 8.36. The molecule has 4 rings (SSSR count). The van der Waals surface area contributed by atoms with E-state index in [1.807, 2.05) is 30.3 Å². The van der Waals surface area contributed by atoms with Crippen molar-refractivity contribution < 1.29 is 18.0 Å². The van der Waals surface area contributed by atoms with Crippen molar-refractivity contribution in [2.24, 2.45) is 5.92 Å². The first kappa shape index (κ1) is 22.8. The Bertz CT molecular complexity index is 1100. The van der Waals surface area contributed by atoms with Crippen LogP contribution in [0.15, 0.2) is 53.4 Å². The van der Waals surface area contributed by atoms with Gasteiger partial charge in [0, 0.05) is 37.4 Å². The van der Waals surface area contributed by atoms with Crippen LogP contribution in [0.1, 0.15) is 36.0 Å². The Morgan fingerprint density at radius 2 is 1.69 bits per heavy atom. The van der Waals surface area contributed by atoms with E-state index in [0.717, 1.165) is 18.5 Å². The molecular formula is C23H26ClN3O4S. The standard InChI is InChI=1S/C23H26ClN3O4S/c24-20-11-10-17(15-21(20)32(30,31)27-13-4-5-14-27)23(29)26-12-6-7-18(16-26)22(28)25-19-8-2-1-3-9-19/h1-3,8-11,15,18H,4-7,12-14,16H2,(H,25,28). The molecule has 2 amide bonds. The molecule has 0 aliphatic carbocycles. The van der Waals surface area contributed by atoms with Gasteiger partial charge in [-0.2, -0.15) is 4.31 Å². The van der Waals surface area contributed by atoms with Crippen LogP contribution in [-0.2, 0) is 14.8 Å². The fourth-order valence-corrected chi connectivity index (χ4v) is 6.24. The number of halogens is 1. The topological polar surface area (TPSA) is 86.8 Å². The van der Waals surface area contributed by atoms with Crippen molar-refractivity contribution in [3.63, 3.8) is 0 Å². The number of para-hydroxylation sites is 1. The molecule has 0 saturated carbocycles. The van der Waals surface area contributed by atoms with E-state index in [2.05, 4.69) is 5.32 Å². The van der Waals surface area contributed by atoms with E-state index in [-0.39, 0.29) is 39.8 Å². The fourth-order valence-electron chi connectivity index (χ4n) is 4.23. The van der Waals surface area contributed by atoms with Crippen molar-refractivity contribution in [1.29, 1.82) is 0 Å². The van der Waals surface area contributed by atoms with Gasteiger partial charge in [0.15, 0.2) is 0 Å². The first-order valence-corrected chi connectivity index (χ1v) is 12.6. The molecule has 7 nitrogen and oxygen atoms in total. The number of rotatable bonds is 5. The van der Waals surface area contributed by atoms with Gasteiger partial charge < -0.3 is 10.2 Å². The van der Waals surface area contributed by atoms with Crippen molar-refractivity contribution in [2.45, 2.75) is 30.6 Å². The number of hydrogen-bond donors (Lipinski definition) is 1. The van der Waals surface area contributed by atoms with Gasteiger partial charge in [0.25, 0.3) is 5.91 Å². The number of carbonyl (C=O) groups excluding carboxylic acids is 2. The second-order valence-electron chi connectivity index (χ2n) is 8.20. The van der Waals surface area contributed by atoms with E-state index in [0.29, 0.717) is 32.5 Å². The fraction of sp³-hybridized carbons (Fsp3) is 0.391. The maximum atomic E-state index is 13.2. The summed E-state index contributed by atoms with van der Waals surface area (Å²) in [4.78, 5) is 27.5. The lowest BCUT2D eigenvalue weighted by molar-refractivity contribution is -0.121. The molecule has 0 spiro atoms. The monoisotopic (exact) mass is 475 g/mol. The lowest BCUT2D eigenvalue weighted by Gasteiger charge is -2.32. The van der Waals surface area contributed by atoms with E-state index >= 15 is 0 Å². The summed E-state index contributed by atoms with van der Waals surface area (Å²) in [5.74, 6) is -0.744.